The standard InChI is InChI=1S/C19H12N2O3/c22-19(14-8-10-20-11-9-14)23-15-6-7-16-17(12-15)24-18(21-16)13-4-2-1-3-5-13/h1-12H. The summed E-state index contributed by atoms with van der Waals surface area (Å²) in [5, 5.41) is 0. The van der Waals surface area contributed by atoms with Crippen LogP contribution in [0.25, 0.3) is 22.6 Å². The third-order valence-electron chi connectivity index (χ3n) is 3.51. The first-order valence-corrected chi connectivity index (χ1v) is 7.38. The van der Waals surface area contributed by atoms with E-state index in [2.05, 4.69) is 9.97 Å². The fourth-order valence-electron chi connectivity index (χ4n) is 2.33. The molecule has 4 rings (SSSR count). The van der Waals surface area contributed by atoms with Crippen molar-refractivity contribution in [1.82, 2.24) is 9.97 Å². The van der Waals surface area contributed by atoms with Crippen molar-refractivity contribution in [3.8, 4) is 17.2 Å². The molecule has 0 saturated carbocycles. The summed E-state index contributed by atoms with van der Waals surface area (Å²) in [5.74, 6) is 0.489. The molecule has 0 atom stereocenters. The van der Waals surface area contributed by atoms with E-state index in [1.54, 1.807) is 42.7 Å². The lowest BCUT2D eigenvalue weighted by atomic mass is 10.2. The van der Waals surface area contributed by atoms with Crippen LogP contribution in [0, 0.1) is 0 Å². The first-order valence-electron chi connectivity index (χ1n) is 7.38. The molecule has 2 heterocycles. The van der Waals surface area contributed by atoms with Crippen LogP contribution in [0.3, 0.4) is 0 Å². The normalized spacial score (nSPS) is 10.7. The number of benzene rings is 2. The van der Waals surface area contributed by atoms with Gasteiger partial charge in [-0.2, -0.15) is 0 Å². The van der Waals surface area contributed by atoms with E-state index in [1.165, 1.54) is 0 Å². The zero-order valence-electron chi connectivity index (χ0n) is 12.5. The van der Waals surface area contributed by atoms with Gasteiger partial charge in [0.2, 0.25) is 5.89 Å². The molecule has 0 amide bonds. The number of rotatable bonds is 3. The van der Waals surface area contributed by atoms with Gasteiger partial charge in [0.05, 0.1) is 5.56 Å². The quantitative estimate of drug-likeness (QED) is 0.420. The van der Waals surface area contributed by atoms with Crippen LogP contribution in [-0.4, -0.2) is 15.9 Å². The fourth-order valence-corrected chi connectivity index (χ4v) is 2.33. The average molecular weight is 316 g/mol. The Kier molecular flexibility index (Phi) is 3.51. The number of hydrogen-bond acceptors (Lipinski definition) is 5. The van der Waals surface area contributed by atoms with Crippen LogP contribution in [0.5, 0.6) is 5.75 Å². The van der Waals surface area contributed by atoms with E-state index in [0.717, 1.165) is 5.56 Å². The van der Waals surface area contributed by atoms with Crippen LogP contribution in [0.4, 0.5) is 0 Å². The first-order chi connectivity index (χ1) is 11.8. The lowest BCUT2D eigenvalue weighted by Crippen LogP contribution is -2.08. The highest BCUT2D eigenvalue weighted by Gasteiger charge is 2.12. The highest BCUT2D eigenvalue weighted by atomic mass is 16.5. The van der Waals surface area contributed by atoms with Gasteiger partial charge in [0.15, 0.2) is 5.58 Å². The van der Waals surface area contributed by atoms with Crippen molar-refractivity contribution in [2.45, 2.75) is 0 Å². The number of pyridine rings is 1. The summed E-state index contributed by atoms with van der Waals surface area (Å²) >= 11 is 0. The largest absolute Gasteiger partial charge is 0.436 e. The molecule has 0 aliphatic rings. The zero-order valence-corrected chi connectivity index (χ0v) is 12.5. The second-order valence-corrected chi connectivity index (χ2v) is 5.14. The van der Waals surface area contributed by atoms with Gasteiger partial charge in [-0.3, -0.25) is 4.98 Å². The summed E-state index contributed by atoms with van der Waals surface area (Å²) in [6, 6.07) is 17.9. The molecule has 0 radical (unpaired) electrons. The van der Waals surface area contributed by atoms with Crippen LogP contribution >= 0.6 is 0 Å². The minimum absolute atomic E-state index is 0.403. The lowest BCUT2D eigenvalue weighted by Gasteiger charge is -2.03. The minimum atomic E-state index is -0.445. The summed E-state index contributed by atoms with van der Waals surface area (Å²) in [6.07, 6.45) is 3.09. The number of aromatic nitrogens is 2. The van der Waals surface area contributed by atoms with Crippen LogP contribution in [0.1, 0.15) is 10.4 Å². The molecule has 0 spiro atoms. The zero-order chi connectivity index (χ0) is 16.4. The number of esters is 1. The Balaban J connectivity index is 1.63. The third-order valence-corrected chi connectivity index (χ3v) is 3.51. The third kappa shape index (κ3) is 2.75. The van der Waals surface area contributed by atoms with Crippen LogP contribution in [-0.2, 0) is 0 Å². The van der Waals surface area contributed by atoms with Gasteiger partial charge in [-0.1, -0.05) is 18.2 Å². The van der Waals surface area contributed by atoms with E-state index in [4.69, 9.17) is 9.15 Å². The van der Waals surface area contributed by atoms with Crippen molar-refractivity contribution in [3.63, 3.8) is 0 Å². The Morgan fingerprint density at radius 2 is 1.75 bits per heavy atom. The molecule has 2 aromatic carbocycles. The van der Waals surface area contributed by atoms with Gasteiger partial charge < -0.3 is 9.15 Å². The molecule has 0 bridgehead atoms. The van der Waals surface area contributed by atoms with Crippen molar-refractivity contribution in [2.24, 2.45) is 0 Å². The highest BCUT2D eigenvalue weighted by molar-refractivity contribution is 5.91. The van der Waals surface area contributed by atoms with Gasteiger partial charge in [0, 0.05) is 24.0 Å². The Morgan fingerprint density at radius 3 is 2.54 bits per heavy atom. The molecule has 5 heteroatoms. The number of hydrogen-bond donors (Lipinski definition) is 0. The van der Waals surface area contributed by atoms with Gasteiger partial charge in [-0.25, -0.2) is 9.78 Å². The van der Waals surface area contributed by atoms with E-state index in [1.807, 2.05) is 30.3 Å². The lowest BCUT2D eigenvalue weighted by molar-refractivity contribution is 0.0735. The maximum absolute atomic E-state index is 12.1. The summed E-state index contributed by atoms with van der Waals surface area (Å²) in [6.45, 7) is 0. The van der Waals surface area contributed by atoms with E-state index in [9.17, 15) is 4.79 Å². The van der Waals surface area contributed by atoms with Crippen molar-refractivity contribution in [2.75, 3.05) is 0 Å². The number of fused-ring (bicyclic) bond motifs is 1. The van der Waals surface area contributed by atoms with Crippen LogP contribution in [0.15, 0.2) is 77.5 Å². The smallest absolute Gasteiger partial charge is 0.343 e. The summed E-state index contributed by atoms with van der Waals surface area (Å²) in [5.41, 5.74) is 2.60. The Morgan fingerprint density at radius 1 is 0.958 bits per heavy atom. The van der Waals surface area contributed by atoms with Gasteiger partial charge in [-0.15, -0.1) is 0 Å². The molecule has 0 unspecified atom stereocenters. The molecule has 4 aromatic rings. The summed E-state index contributed by atoms with van der Waals surface area (Å²) in [7, 11) is 0. The number of ether oxygens (including phenoxy) is 1. The highest BCUT2D eigenvalue weighted by Crippen LogP contribution is 2.27. The van der Waals surface area contributed by atoms with E-state index in [-0.39, 0.29) is 0 Å². The maximum Gasteiger partial charge on any atom is 0.343 e. The predicted molar refractivity (Wildman–Crippen MR) is 88.6 cm³/mol. The molecule has 2 aromatic heterocycles. The number of carbonyl (C=O) groups excluding carboxylic acids is 1. The average Bonchev–Trinajstić information content (AvgIpc) is 3.06. The molecule has 0 fully saturated rings. The van der Waals surface area contributed by atoms with Crippen LogP contribution < -0.4 is 4.74 Å². The summed E-state index contributed by atoms with van der Waals surface area (Å²) < 4.78 is 11.1. The van der Waals surface area contributed by atoms with Crippen molar-refractivity contribution < 1.29 is 13.9 Å². The topological polar surface area (TPSA) is 65.2 Å². The van der Waals surface area contributed by atoms with Gasteiger partial charge in [0.1, 0.15) is 11.3 Å². The molecular weight excluding hydrogens is 304 g/mol. The predicted octanol–water partition coefficient (Wildman–Crippen LogP) is 4.11. The molecule has 116 valence electrons. The molecule has 24 heavy (non-hydrogen) atoms. The first kappa shape index (κ1) is 14.1. The second kappa shape index (κ2) is 5.96. The molecule has 5 nitrogen and oxygen atoms in total. The number of nitrogens with zero attached hydrogens (tertiary/aromatic N) is 2. The van der Waals surface area contributed by atoms with Crippen molar-refractivity contribution >= 4 is 17.1 Å². The van der Waals surface area contributed by atoms with E-state index < -0.39 is 5.97 Å². The van der Waals surface area contributed by atoms with Crippen LogP contribution in [0.2, 0.25) is 0 Å². The molecule has 0 aliphatic carbocycles. The maximum atomic E-state index is 12.1. The van der Waals surface area contributed by atoms with Gasteiger partial charge >= 0.3 is 5.97 Å². The minimum Gasteiger partial charge on any atom is -0.436 e. The fraction of sp³-hybridized carbons (Fsp3) is 0. The Labute approximate surface area is 137 Å². The van der Waals surface area contributed by atoms with Crippen molar-refractivity contribution in [1.29, 1.82) is 0 Å². The van der Waals surface area contributed by atoms with Gasteiger partial charge in [0.25, 0.3) is 0 Å². The van der Waals surface area contributed by atoms with Gasteiger partial charge in [-0.05, 0) is 36.4 Å². The summed E-state index contributed by atoms with van der Waals surface area (Å²) in [4.78, 5) is 20.4. The number of carbonyl (C=O) groups is 1. The molecule has 0 saturated heterocycles. The Hall–Kier alpha value is -3.47. The van der Waals surface area contributed by atoms with E-state index >= 15 is 0 Å². The van der Waals surface area contributed by atoms with Crippen molar-refractivity contribution in [3.05, 3.63) is 78.6 Å². The van der Waals surface area contributed by atoms with E-state index in [0.29, 0.717) is 28.3 Å². The SMILES string of the molecule is O=C(Oc1ccc2nc(-c3ccccc3)oc2c1)c1ccncc1. The Bertz CT molecular complexity index is 995. The molecule has 0 N–H and O–H groups in total. The monoisotopic (exact) mass is 316 g/mol. The second-order valence-electron chi connectivity index (χ2n) is 5.14. The number of oxazole rings is 1. The molecule has 0 aliphatic heterocycles. The molecular formula is C19H12N2O3.